The first-order chi connectivity index (χ1) is 15.2. The SMILES string of the molecule is Oc1c(Cl)cc(Cl)c2ccc(/C=C/C3=CCN(Cc4ccc(C(F)(F)F)cc4)CC3)nc12. The van der Waals surface area contributed by atoms with Crippen molar-refractivity contribution in [3.8, 4) is 5.75 Å². The van der Waals surface area contributed by atoms with Gasteiger partial charge >= 0.3 is 6.18 Å². The van der Waals surface area contributed by atoms with Crippen molar-refractivity contribution in [2.24, 2.45) is 0 Å². The van der Waals surface area contributed by atoms with Gasteiger partial charge < -0.3 is 5.11 Å². The molecule has 0 saturated carbocycles. The summed E-state index contributed by atoms with van der Waals surface area (Å²) in [5, 5.41) is 11.4. The molecule has 2 heterocycles. The van der Waals surface area contributed by atoms with E-state index >= 15 is 0 Å². The normalized spacial score (nSPS) is 15.5. The van der Waals surface area contributed by atoms with Crippen LogP contribution < -0.4 is 0 Å². The van der Waals surface area contributed by atoms with Crippen LogP contribution in [0.25, 0.3) is 17.0 Å². The van der Waals surface area contributed by atoms with Crippen LogP contribution in [-0.4, -0.2) is 28.1 Å². The fourth-order valence-corrected chi connectivity index (χ4v) is 4.10. The van der Waals surface area contributed by atoms with Gasteiger partial charge in [0, 0.05) is 25.0 Å². The Morgan fingerprint density at radius 2 is 1.78 bits per heavy atom. The number of fused-ring (bicyclic) bond motifs is 1. The predicted octanol–water partition coefficient (Wildman–Crippen LogP) is 7.11. The van der Waals surface area contributed by atoms with Crippen LogP contribution in [0.3, 0.4) is 0 Å². The molecule has 0 saturated heterocycles. The fourth-order valence-electron chi connectivity index (χ4n) is 3.58. The highest BCUT2D eigenvalue weighted by Crippen LogP contribution is 2.36. The summed E-state index contributed by atoms with van der Waals surface area (Å²) in [5.74, 6) is -0.0999. The highest BCUT2D eigenvalue weighted by molar-refractivity contribution is 6.39. The summed E-state index contributed by atoms with van der Waals surface area (Å²) in [7, 11) is 0. The van der Waals surface area contributed by atoms with E-state index in [4.69, 9.17) is 23.2 Å². The first kappa shape index (κ1) is 22.6. The minimum absolute atomic E-state index is 0.0999. The Kier molecular flexibility index (Phi) is 6.47. The number of rotatable bonds is 4. The number of aromatic nitrogens is 1. The highest BCUT2D eigenvalue weighted by atomic mass is 35.5. The Balaban J connectivity index is 1.41. The van der Waals surface area contributed by atoms with E-state index in [9.17, 15) is 18.3 Å². The van der Waals surface area contributed by atoms with Crippen molar-refractivity contribution in [1.29, 1.82) is 0 Å². The van der Waals surface area contributed by atoms with Crippen LogP contribution >= 0.6 is 23.2 Å². The van der Waals surface area contributed by atoms with Crippen molar-refractivity contribution in [3.05, 3.63) is 87.1 Å². The van der Waals surface area contributed by atoms with Crippen LogP contribution in [0, 0.1) is 0 Å². The summed E-state index contributed by atoms with van der Waals surface area (Å²) >= 11 is 12.2. The molecule has 32 heavy (non-hydrogen) atoms. The van der Waals surface area contributed by atoms with Crippen molar-refractivity contribution < 1.29 is 18.3 Å². The van der Waals surface area contributed by atoms with Crippen molar-refractivity contribution in [1.82, 2.24) is 9.88 Å². The Hall–Kier alpha value is -2.54. The topological polar surface area (TPSA) is 36.4 Å². The van der Waals surface area contributed by atoms with Crippen molar-refractivity contribution in [2.45, 2.75) is 19.1 Å². The molecule has 8 heteroatoms. The van der Waals surface area contributed by atoms with Gasteiger partial charge in [-0.2, -0.15) is 13.2 Å². The summed E-state index contributed by atoms with van der Waals surface area (Å²) in [6.45, 7) is 2.10. The van der Waals surface area contributed by atoms with E-state index in [1.807, 2.05) is 18.2 Å². The van der Waals surface area contributed by atoms with Crippen molar-refractivity contribution in [3.63, 3.8) is 0 Å². The molecule has 3 nitrogen and oxygen atoms in total. The number of pyridine rings is 1. The van der Waals surface area contributed by atoms with Gasteiger partial charge in [-0.3, -0.25) is 4.90 Å². The lowest BCUT2D eigenvalue weighted by atomic mass is 10.1. The maximum absolute atomic E-state index is 12.7. The lowest BCUT2D eigenvalue weighted by Gasteiger charge is -2.25. The molecule has 4 rings (SSSR count). The number of aromatic hydroxyl groups is 1. The molecule has 1 aliphatic rings. The van der Waals surface area contributed by atoms with E-state index in [-0.39, 0.29) is 10.8 Å². The smallest absolute Gasteiger partial charge is 0.416 e. The molecular weight excluding hydrogens is 460 g/mol. The van der Waals surface area contributed by atoms with Crippen molar-refractivity contribution in [2.75, 3.05) is 13.1 Å². The van der Waals surface area contributed by atoms with E-state index in [1.54, 1.807) is 6.07 Å². The Bertz CT molecular complexity index is 1200. The minimum atomic E-state index is -4.31. The second-order valence-electron chi connectivity index (χ2n) is 7.61. The third kappa shape index (κ3) is 5.09. The van der Waals surface area contributed by atoms with E-state index in [2.05, 4.69) is 16.0 Å². The molecule has 166 valence electrons. The van der Waals surface area contributed by atoms with Gasteiger partial charge in [0.2, 0.25) is 0 Å². The van der Waals surface area contributed by atoms with Gasteiger partial charge in [-0.25, -0.2) is 4.98 Å². The van der Waals surface area contributed by atoms with E-state index in [0.717, 1.165) is 36.2 Å². The van der Waals surface area contributed by atoms with Gasteiger partial charge in [0.15, 0.2) is 5.75 Å². The summed E-state index contributed by atoms with van der Waals surface area (Å²) < 4.78 is 38.1. The van der Waals surface area contributed by atoms with Crippen LogP contribution in [0.4, 0.5) is 13.2 Å². The number of allylic oxidation sites excluding steroid dienone is 1. The lowest BCUT2D eigenvalue weighted by molar-refractivity contribution is -0.137. The fraction of sp³-hybridized carbons (Fsp3) is 0.208. The quantitative estimate of drug-likeness (QED) is 0.433. The van der Waals surface area contributed by atoms with Gasteiger partial charge in [-0.15, -0.1) is 0 Å². The monoisotopic (exact) mass is 478 g/mol. The van der Waals surface area contributed by atoms with Gasteiger partial charge in [-0.1, -0.05) is 47.5 Å². The molecule has 0 atom stereocenters. The molecule has 0 unspecified atom stereocenters. The molecule has 1 N–H and O–H groups in total. The minimum Gasteiger partial charge on any atom is -0.504 e. The standard InChI is InChI=1S/C24H19Cl2F3N2O/c25-20-13-21(26)23(32)22-19(20)8-7-18(30-22)6-3-15-9-11-31(12-10-15)14-16-1-4-17(5-2-16)24(27,28)29/h1-9,13,32H,10-12,14H2/b6-3+. The molecule has 0 amide bonds. The zero-order valence-corrected chi connectivity index (χ0v) is 18.3. The second-order valence-corrected chi connectivity index (χ2v) is 8.43. The first-order valence-corrected chi connectivity index (χ1v) is 10.7. The average Bonchev–Trinajstić information content (AvgIpc) is 2.77. The van der Waals surface area contributed by atoms with Gasteiger partial charge in [0.05, 0.1) is 21.3 Å². The molecule has 0 fully saturated rings. The third-order valence-electron chi connectivity index (χ3n) is 5.36. The summed E-state index contributed by atoms with van der Waals surface area (Å²) in [4.78, 5) is 6.63. The molecule has 0 spiro atoms. The zero-order valence-electron chi connectivity index (χ0n) is 16.8. The molecule has 0 radical (unpaired) electrons. The van der Waals surface area contributed by atoms with Crippen LogP contribution in [0.15, 0.2) is 60.2 Å². The molecule has 1 aliphatic heterocycles. The lowest BCUT2D eigenvalue weighted by Crippen LogP contribution is -2.28. The molecular formula is C24H19Cl2F3N2O. The number of hydrogen-bond donors (Lipinski definition) is 1. The van der Waals surface area contributed by atoms with E-state index < -0.39 is 11.7 Å². The Morgan fingerprint density at radius 1 is 1.03 bits per heavy atom. The average molecular weight is 479 g/mol. The van der Waals surface area contributed by atoms with Crippen LogP contribution in [-0.2, 0) is 12.7 Å². The number of phenolic OH excluding ortho intramolecular Hbond substituents is 1. The number of alkyl halides is 3. The predicted molar refractivity (Wildman–Crippen MR) is 122 cm³/mol. The maximum Gasteiger partial charge on any atom is 0.416 e. The van der Waals surface area contributed by atoms with Crippen LogP contribution in [0.2, 0.25) is 10.0 Å². The zero-order chi connectivity index (χ0) is 22.9. The summed E-state index contributed by atoms with van der Waals surface area (Å²) in [6, 6.07) is 10.4. The van der Waals surface area contributed by atoms with Crippen LogP contribution in [0.1, 0.15) is 23.2 Å². The first-order valence-electron chi connectivity index (χ1n) is 9.94. The van der Waals surface area contributed by atoms with E-state index in [0.29, 0.717) is 34.7 Å². The number of nitrogens with zero attached hydrogens (tertiary/aromatic N) is 2. The number of halogens is 5. The highest BCUT2D eigenvalue weighted by Gasteiger charge is 2.30. The Morgan fingerprint density at radius 3 is 2.44 bits per heavy atom. The van der Waals surface area contributed by atoms with Gasteiger partial charge in [0.25, 0.3) is 0 Å². The third-order valence-corrected chi connectivity index (χ3v) is 5.96. The number of phenols is 1. The molecule has 0 aliphatic carbocycles. The Labute approximate surface area is 193 Å². The van der Waals surface area contributed by atoms with E-state index in [1.165, 1.54) is 18.2 Å². The number of benzene rings is 2. The molecule has 1 aromatic heterocycles. The molecule has 3 aromatic rings. The number of hydrogen-bond acceptors (Lipinski definition) is 3. The second kappa shape index (κ2) is 9.14. The van der Waals surface area contributed by atoms with Gasteiger partial charge in [0.1, 0.15) is 5.52 Å². The van der Waals surface area contributed by atoms with Gasteiger partial charge in [-0.05, 0) is 54.0 Å². The molecule has 0 bridgehead atoms. The summed E-state index contributed by atoms with van der Waals surface area (Å²) in [5.41, 5.74) is 2.38. The molecule has 2 aromatic carbocycles. The largest absolute Gasteiger partial charge is 0.504 e. The van der Waals surface area contributed by atoms with Crippen molar-refractivity contribution >= 4 is 40.2 Å². The summed E-state index contributed by atoms with van der Waals surface area (Å²) in [6.07, 6.45) is 2.44. The maximum atomic E-state index is 12.7. The van der Waals surface area contributed by atoms with Crippen LogP contribution in [0.5, 0.6) is 5.75 Å².